The van der Waals surface area contributed by atoms with Gasteiger partial charge < -0.3 is 4.74 Å². The standard InChI is InChI=1S/C14H13ClN2O2/c15-13-8-11(18)14(17-16-13)19-12-7-3-5-9-4-1-2-6-10(9)12/h3,5,7-8H,1-2,4,6H2,(H,16,18). The fraction of sp³-hybridized carbons (Fsp3) is 0.286. The van der Waals surface area contributed by atoms with Crippen LogP contribution in [0.1, 0.15) is 24.0 Å². The number of hydrogen-bond donors (Lipinski definition) is 1. The zero-order valence-corrected chi connectivity index (χ0v) is 11.0. The molecule has 98 valence electrons. The lowest BCUT2D eigenvalue weighted by Gasteiger charge is -2.18. The fourth-order valence-electron chi connectivity index (χ4n) is 2.39. The van der Waals surface area contributed by atoms with Crippen LogP contribution in [0, 0.1) is 0 Å². The minimum Gasteiger partial charge on any atom is -0.434 e. The molecule has 0 bridgehead atoms. The molecule has 0 unspecified atom stereocenters. The molecule has 0 amide bonds. The van der Waals surface area contributed by atoms with Crippen LogP contribution in [0.15, 0.2) is 29.1 Å². The largest absolute Gasteiger partial charge is 0.434 e. The van der Waals surface area contributed by atoms with Gasteiger partial charge in [0, 0.05) is 6.07 Å². The molecule has 1 aromatic heterocycles. The molecule has 5 heteroatoms. The summed E-state index contributed by atoms with van der Waals surface area (Å²) in [7, 11) is 0. The summed E-state index contributed by atoms with van der Waals surface area (Å²) in [5, 5.41) is 6.56. The van der Waals surface area contributed by atoms with Crippen molar-refractivity contribution in [2.45, 2.75) is 25.7 Å². The maximum atomic E-state index is 11.7. The molecule has 1 heterocycles. The van der Waals surface area contributed by atoms with Gasteiger partial charge in [-0.05, 0) is 42.9 Å². The average molecular weight is 277 g/mol. The third-order valence-corrected chi connectivity index (χ3v) is 3.49. The fourth-order valence-corrected chi connectivity index (χ4v) is 2.53. The van der Waals surface area contributed by atoms with Gasteiger partial charge in [0.15, 0.2) is 0 Å². The highest BCUT2D eigenvalue weighted by Crippen LogP contribution is 2.31. The van der Waals surface area contributed by atoms with Crippen LogP contribution in [0.4, 0.5) is 0 Å². The van der Waals surface area contributed by atoms with Gasteiger partial charge >= 0.3 is 0 Å². The summed E-state index contributed by atoms with van der Waals surface area (Å²) in [6.07, 6.45) is 4.40. The number of benzene rings is 1. The number of hydrogen-bond acceptors (Lipinski definition) is 3. The van der Waals surface area contributed by atoms with Gasteiger partial charge in [-0.1, -0.05) is 23.7 Å². The molecular formula is C14H13ClN2O2. The molecule has 1 N–H and O–H groups in total. The predicted molar refractivity (Wildman–Crippen MR) is 73.0 cm³/mol. The highest BCUT2D eigenvalue weighted by atomic mass is 35.5. The highest BCUT2D eigenvalue weighted by Gasteiger charge is 2.15. The van der Waals surface area contributed by atoms with Crippen molar-refractivity contribution in [2.75, 3.05) is 0 Å². The minimum atomic E-state index is -0.322. The second kappa shape index (κ2) is 5.05. The Morgan fingerprint density at radius 3 is 2.95 bits per heavy atom. The summed E-state index contributed by atoms with van der Waals surface area (Å²) in [4.78, 5) is 11.7. The number of nitrogens with zero attached hydrogens (tertiary/aromatic N) is 1. The second-order valence-electron chi connectivity index (χ2n) is 4.59. The Morgan fingerprint density at radius 2 is 2.11 bits per heavy atom. The van der Waals surface area contributed by atoms with E-state index < -0.39 is 0 Å². The van der Waals surface area contributed by atoms with Gasteiger partial charge in [0.1, 0.15) is 10.9 Å². The number of nitrogens with one attached hydrogen (secondary N) is 1. The molecule has 0 aliphatic heterocycles. The Bertz CT molecular complexity index is 667. The summed E-state index contributed by atoms with van der Waals surface area (Å²) >= 11 is 5.66. The van der Waals surface area contributed by atoms with Crippen LogP contribution in [0.5, 0.6) is 11.6 Å². The summed E-state index contributed by atoms with van der Waals surface area (Å²) in [6, 6.07) is 7.20. The number of aromatic amines is 1. The number of aryl methyl sites for hydroxylation is 1. The molecule has 1 aromatic carbocycles. The molecule has 3 rings (SSSR count). The van der Waals surface area contributed by atoms with Crippen molar-refractivity contribution >= 4 is 11.6 Å². The molecule has 0 saturated heterocycles. The van der Waals surface area contributed by atoms with Gasteiger partial charge in [-0.25, -0.2) is 0 Å². The highest BCUT2D eigenvalue weighted by molar-refractivity contribution is 6.29. The van der Waals surface area contributed by atoms with E-state index in [0.29, 0.717) is 0 Å². The summed E-state index contributed by atoms with van der Waals surface area (Å²) in [5.41, 5.74) is 2.16. The molecule has 4 nitrogen and oxygen atoms in total. The van der Waals surface area contributed by atoms with Crippen LogP contribution in [0.3, 0.4) is 0 Å². The first-order valence-corrected chi connectivity index (χ1v) is 6.66. The van der Waals surface area contributed by atoms with Gasteiger partial charge in [-0.2, -0.15) is 0 Å². The van der Waals surface area contributed by atoms with Crippen LogP contribution in [-0.2, 0) is 12.8 Å². The van der Waals surface area contributed by atoms with Gasteiger partial charge in [0.05, 0.1) is 0 Å². The lowest BCUT2D eigenvalue weighted by Crippen LogP contribution is -2.10. The Kier molecular flexibility index (Phi) is 3.25. The lowest BCUT2D eigenvalue weighted by atomic mass is 9.91. The smallest absolute Gasteiger partial charge is 0.285 e. The first kappa shape index (κ1) is 12.2. The van der Waals surface area contributed by atoms with E-state index in [9.17, 15) is 4.79 Å². The molecule has 0 radical (unpaired) electrons. The van der Waals surface area contributed by atoms with Crippen molar-refractivity contribution < 1.29 is 4.74 Å². The van der Waals surface area contributed by atoms with Gasteiger partial charge in [0.2, 0.25) is 5.43 Å². The third-order valence-electron chi connectivity index (χ3n) is 3.29. The zero-order valence-electron chi connectivity index (χ0n) is 10.3. The molecule has 19 heavy (non-hydrogen) atoms. The van der Waals surface area contributed by atoms with E-state index in [1.807, 2.05) is 12.1 Å². The monoisotopic (exact) mass is 276 g/mol. The van der Waals surface area contributed by atoms with Gasteiger partial charge in [0.25, 0.3) is 5.88 Å². The average Bonchev–Trinajstić information content (AvgIpc) is 2.42. The number of halogens is 1. The topological polar surface area (TPSA) is 55.0 Å². The summed E-state index contributed by atoms with van der Waals surface area (Å²) in [6.45, 7) is 0. The number of ether oxygens (including phenoxy) is 1. The normalized spacial score (nSPS) is 13.9. The molecular weight excluding hydrogens is 264 g/mol. The van der Waals surface area contributed by atoms with Crippen molar-refractivity contribution in [1.29, 1.82) is 0 Å². The molecule has 0 atom stereocenters. The van der Waals surface area contributed by atoms with E-state index in [4.69, 9.17) is 16.3 Å². The quantitative estimate of drug-likeness (QED) is 0.917. The molecule has 1 aliphatic carbocycles. The van der Waals surface area contributed by atoms with E-state index in [2.05, 4.69) is 16.3 Å². The Balaban J connectivity index is 1.97. The Hall–Kier alpha value is -1.81. The van der Waals surface area contributed by atoms with Crippen LogP contribution < -0.4 is 10.2 Å². The number of aromatic nitrogens is 2. The molecule has 1 aliphatic rings. The minimum absolute atomic E-state index is 0.0309. The number of H-pyrrole nitrogens is 1. The summed E-state index contributed by atoms with van der Waals surface area (Å²) < 4.78 is 5.65. The van der Waals surface area contributed by atoms with E-state index >= 15 is 0 Å². The molecule has 0 saturated carbocycles. The summed E-state index contributed by atoms with van der Waals surface area (Å²) in [5.74, 6) is 0.751. The Morgan fingerprint density at radius 1 is 1.26 bits per heavy atom. The van der Waals surface area contributed by atoms with Crippen LogP contribution >= 0.6 is 11.6 Å². The molecule has 0 spiro atoms. The molecule has 2 aromatic rings. The first-order chi connectivity index (χ1) is 9.24. The Labute approximate surface area is 115 Å². The van der Waals surface area contributed by atoms with Crippen molar-refractivity contribution in [1.82, 2.24) is 10.2 Å². The van der Waals surface area contributed by atoms with Crippen molar-refractivity contribution in [3.63, 3.8) is 0 Å². The number of rotatable bonds is 2. The predicted octanol–water partition coefficient (Wildman–Crippen LogP) is 3.09. The van der Waals surface area contributed by atoms with Crippen LogP contribution in [0.25, 0.3) is 0 Å². The maximum absolute atomic E-state index is 11.7. The van der Waals surface area contributed by atoms with E-state index in [1.54, 1.807) is 0 Å². The van der Waals surface area contributed by atoms with Crippen molar-refractivity contribution in [3.8, 4) is 11.6 Å². The van der Waals surface area contributed by atoms with E-state index in [0.717, 1.165) is 25.0 Å². The van der Waals surface area contributed by atoms with Crippen molar-refractivity contribution in [2.24, 2.45) is 0 Å². The van der Waals surface area contributed by atoms with Crippen molar-refractivity contribution in [3.05, 3.63) is 50.8 Å². The van der Waals surface area contributed by atoms with Crippen LogP contribution in [-0.4, -0.2) is 10.2 Å². The SMILES string of the molecule is O=c1cc(Cl)[nH]nc1Oc1cccc2c1CCCC2. The molecule has 0 fully saturated rings. The second-order valence-corrected chi connectivity index (χ2v) is 5.00. The van der Waals surface area contributed by atoms with E-state index in [1.165, 1.54) is 23.6 Å². The third kappa shape index (κ3) is 2.49. The van der Waals surface area contributed by atoms with E-state index in [-0.39, 0.29) is 16.5 Å². The lowest BCUT2D eigenvalue weighted by molar-refractivity contribution is 0.440. The number of fused-ring (bicyclic) bond motifs is 1. The first-order valence-electron chi connectivity index (χ1n) is 6.28. The van der Waals surface area contributed by atoms with Crippen LogP contribution in [0.2, 0.25) is 5.15 Å². The van der Waals surface area contributed by atoms with Gasteiger partial charge in [-0.3, -0.25) is 9.89 Å². The zero-order chi connectivity index (χ0) is 13.2. The maximum Gasteiger partial charge on any atom is 0.285 e. The van der Waals surface area contributed by atoms with Gasteiger partial charge in [-0.15, -0.1) is 5.10 Å².